The molecule has 0 aromatic rings. The summed E-state index contributed by atoms with van der Waals surface area (Å²) in [6.07, 6.45) is 7.62. The number of carbonyl (C=O) groups excluding carboxylic acids is 1. The van der Waals surface area contributed by atoms with Crippen LogP contribution in [0, 0.1) is 0 Å². The molecule has 4 nitrogen and oxygen atoms in total. The van der Waals surface area contributed by atoms with E-state index >= 15 is 0 Å². The van der Waals surface area contributed by atoms with E-state index in [1.807, 2.05) is 4.90 Å². The summed E-state index contributed by atoms with van der Waals surface area (Å²) in [7, 11) is 0. The van der Waals surface area contributed by atoms with Crippen molar-refractivity contribution in [2.45, 2.75) is 62.9 Å². The molecule has 0 radical (unpaired) electrons. The number of piperidine rings is 1. The van der Waals surface area contributed by atoms with Crippen molar-refractivity contribution in [3.05, 3.63) is 0 Å². The summed E-state index contributed by atoms with van der Waals surface area (Å²) < 4.78 is 0. The zero-order chi connectivity index (χ0) is 12.3. The van der Waals surface area contributed by atoms with E-state index in [1.54, 1.807) is 0 Å². The Morgan fingerprint density at radius 1 is 1.35 bits per heavy atom. The number of nitrogens with zero attached hydrogens (tertiary/aromatic N) is 1. The molecule has 1 atom stereocenters. The third kappa shape index (κ3) is 2.99. The molecule has 0 aromatic carbocycles. The quantitative estimate of drug-likeness (QED) is 0.771. The van der Waals surface area contributed by atoms with Crippen molar-refractivity contribution in [2.75, 3.05) is 13.2 Å². The molecule has 98 valence electrons. The first-order chi connectivity index (χ1) is 8.14. The van der Waals surface area contributed by atoms with E-state index in [-0.39, 0.29) is 24.1 Å². The Morgan fingerprint density at radius 2 is 2.12 bits per heavy atom. The molecule has 1 saturated heterocycles. The summed E-state index contributed by atoms with van der Waals surface area (Å²) in [4.78, 5) is 14.2. The highest BCUT2D eigenvalue weighted by Gasteiger charge is 2.37. The lowest BCUT2D eigenvalue weighted by atomic mass is 9.75. The number of carbonyl (C=O) groups is 1. The molecule has 1 saturated carbocycles. The van der Waals surface area contributed by atoms with Gasteiger partial charge in [-0.1, -0.05) is 0 Å². The number of hydrogen-bond donors (Lipinski definition) is 2. The molecule has 2 fully saturated rings. The lowest BCUT2D eigenvalue weighted by molar-refractivity contribution is -0.137. The number of likely N-dealkylation sites (tertiary alicyclic amines) is 1. The van der Waals surface area contributed by atoms with Gasteiger partial charge in [-0.05, 0) is 44.9 Å². The van der Waals surface area contributed by atoms with E-state index in [1.165, 1.54) is 6.42 Å². The summed E-state index contributed by atoms with van der Waals surface area (Å²) in [6.45, 7) is 1.02. The molecule has 1 heterocycles. The molecule has 17 heavy (non-hydrogen) atoms. The van der Waals surface area contributed by atoms with Gasteiger partial charge in [-0.2, -0.15) is 0 Å². The number of amides is 1. The van der Waals surface area contributed by atoms with Crippen LogP contribution in [0.5, 0.6) is 0 Å². The molecular weight excluding hydrogens is 216 g/mol. The van der Waals surface area contributed by atoms with Crippen LogP contribution in [0.15, 0.2) is 0 Å². The van der Waals surface area contributed by atoms with Crippen molar-refractivity contribution < 1.29 is 9.90 Å². The van der Waals surface area contributed by atoms with Crippen molar-refractivity contribution in [3.8, 4) is 0 Å². The molecule has 4 heteroatoms. The molecule has 2 rings (SSSR count). The Labute approximate surface area is 103 Å². The topological polar surface area (TPSA) is 66.6 Å². The Morgan fingerprint density at radius 3 is 2.71 bits per heavy atom. The van der Waals surface area contributed by atoms with Crippen LogP contribution in [0.2, 0.25) is 0 Å². The Hall–Kier alpha value is -0.610. The lowest BCUT2D eigenvalue weighted by Crippen LogP contribution is -2.53. The minimum absolute atomic E-state index is 0.169. The average Bonchev–Trinajstić information content (AvgIpc) is 2.28. The molecule has 1 amide bonds. The summed E-state index contributed by atoms with van der Waals surface area (Å²) in [5.41, 5.74) is 5.91. The number of rotatable bonds is 4. The zero-order valence-corrected chi connectivity index (χ0v) is 10.5. The molecule has 2 aliphatic rings. The predicted molar refractivity (Wildman–Crippen MR) is 66.4 cm³/mol. The van der Waals surface area contributed by atoms with E-state index in [0.29, 0.717) is 12.8 Å². The van der Waals surface area contributed by atoms with Gasteiger partial charge in [0.15, 0.2) is 0 Å². The average molecular weight is 240 g/mol. The van der Waals surface area contributed by atoms with Crippen LogP contribution in [0.25, 0.3) is 0 Å². The highest BCUT2D eigenvalue weighted by molar-refractivity contribution is 5.78. The van der Waals surface area contributed by atoms with Crippen LogP contribution in [0.1, 0.15) is 51.4 Å². The molecule has 1 aliphatic heterocycles. The van der Waals surface area contributed by atoms with E-state index in [4.69, 9.17) is 10.8 Å². The second kappa shape index (κ2) is 5.36. The second-order valence-electron chi connectivity index (χ2n) is 5.64. The van der Waals surface area contributed by atoms with E-state index in [9.17, 15) is 4.79 Å². The number of nitrogens with two attached hydrogens (primary N) is 1. The van der Waals surface area contributed by atoms with Gasteiger partial charge in [-0.25, -0.2) is 0 Å². The maximum absolute atomic E-state index is 12.3. The highest BCUT2D eigenvalue weighted by Crippen LogP contribution is 2.33. The van der Waals surface area contributed by atoms with Crippen LogP contribution in [-0.2, 0) is 4.79 Å². The maximum atomic E-state index is 12.3. The first-order valence-corrected chi connectivity index (χ1v) is 6.84. The minimum Gasteiger partial charge on any atom is -0.396 e. The number of hydrogen-bond acceptors (Lipinski definition) is 3. The fourth-order valence-electron chi connectivity index (χ4n) is 2.99. The summed E-state index contributed by atoms with van der Waals surface area (Å²) in [6, 6.07) is 0.241. The third-order valence-corrected chi connectivity index (χ3v) is 4.26. The second-order valence-corrected chi connectivity index (χ2v) is 5.64. The highest BCUT2D eigenvalue weighted by atomic mass is 16.3. The van der Waals surface area contributed by atoms with Crippen molar-refractivity contribution >= 4 is 5.91 Å². The first kappa shape index (κ1) is 12.8. The molecule has 0 spiro atoms. The van der Waals surface area contributed by atoms with Crippen LogP contribution < -0.4 is 5.73 Å². The van der Waals surface area contributed by atoms with Gasteiger partial charge in [-0.15, -0.1) is 0 Å². The largest absolute Gasteiger partial charge is 0.396 e. The lowest BCUT2D eigenvalue weighted by Gasteiger charge is -2.42. The standard InChI is InChI=1S/C13H24N2O2/c14-13(6-3-7-13)10-12(17)15-8-2-1-4-11(15)5-9-16/h11,16H,1-10,14H2. The summed E-state index contributed by atoms with van der Waals surface area (Å²) in [5, 5.41) is 9.05. The van der Waals surface area contributed by atoms with Gasteiger partial charge in [0.1, 0.15) is 0 Å². The van der Waals surface area contributed by atoms with Crippen LogP contribution in [0.3, 0.4) is 0 Å². The van der Waals surface area contributed by atoms with Gasteiger partial charge in [0.05, 0.1) is 0 Å². The van der Waals surface area contributed by atoms with Crippen LogP contribution >= 0.6 is 0 Å². The normalized spacial score (nSPS) is 27.6. The Balaban J connectivity index is 1.91. The molecular formula is C13H24N2O2. The van der Waals surface area contributed by atoms with Gasteiger partial charge in [-0.3, -0.25) is 4.79 Å². The third-order valence-electron chi connectivity index (χ3n) is 4.26. The Kier molecular flexibility index (Phi) is 4.05. The van der Waals surface area contributed by atoms with Crippen molar-refractivity contribution in [1.82, 2.24) is 4.90 Å². The predicted octanol–water partition coefficient (Wildman–Crippen LogP) is 1.02. The van der Waals surface area contributed by atoms with Gasteiger partial charge >= 0.3 is 0 Å². The molecule has 0 bridgehead atoms. The zero-order valence-electron chi connectivity index (χ0n) is 10.5. The molecule has 3 N–H and O–H groups in total. The summed E-state index contributed by atoms with van der Waals surface area (Å²) >= 11 is 0. The summed E-state index contributed by atoms with van der Waals surface area (Å²) in [5.74, 6) is 0.199. The fraction of sp³-hybridized carbons (Fsp3) is 0.923. The smallest absolute Gasteiger partial charge is 0.224 e. The Bertz CT molecular complexity index is 275. The molecule has 1 unspecified atom stereocenters. The van der Waals surface area contributed by atoms with Gasteiger partial charge in [0.2, 0.25) is 5.91 Å². The maximum Gasteiger partial charge on any atom is 0.224 e. The first-order valence-electron chi connectivity index (χ1n) is 6.84. The van der Waals surface area contributed by atoms with Gasteiger partial charge in [0.25, 0.3) is 0 Å². The van der Waals surface area contributed by atoms with E-state index < -0.39 is 0 Å². The van der Waals surface area contributed by atoms with Crippen LogP contribution in [-0.4, -0.2) is 40.6 Å². The molecule has 0 aromatic heterocycles. The van der Waals surface area contributed by atoms with Gasteiger partial charge < -0.3 is 15.7 Å². The van der Waals surface area contributed by atoms with Crippen LogP contribution in [0.4, 0.5) is 0 Å². The molecule has 1 aliphatic carbocycles. The minimum atomic E-state index is -0.224. The van der Waals surface area contributed by atoms with Crippen molar-refractivity contribution in [2.24, 2.45) is 5.73 Å². The number of aliphatic hydroxyl groups is 1. The fourth-order valence-corrected chi connectivity index (χ4v) is 2.99. The van der Waals surface area contributed by atoms with E-state index in [2.05, 4.69) is 0 Å². The van der Waals surface area contributed by atoms with Crippen molar-refractivity contribution in [1.29, 1.82) is 0 Å². The SMILES string of the molecule is NC1(CC(=O)N2CCCCC2CCO)CCC1. The van der Waals surface area contributed by atoms with Crippen molar-refractivity contribution in [3.63, 3.8) is 0 Å². The number of aliphatic hydroxyl groups excluding tert-OH is 1. The monoisotopic (exact) mass is 240 g/mol. The van der Waals surface area contributed by atoms with Gasteiger partial charge in [0, 0.05) is 31.2 Å². The van der Waals surface area contributed by atoms with E-state index in [0.717, 1.165) is 38.6 Å².